The van der Waals surface area contributed by atoms with Gasteiger partial charge in [-0.1, -0.05) is 31.0 Å². The van der Waals surface area contributed by atoms with E-state index in [2.05, 4.69) is 32.1 Å². The van der Waals surface area contributed by atoms with Crippen LogP contribution in [0.2, 0.25) is 0 Å². The summed E-state index contributed by atoms with van der Waals surface area (Å²) in [6.07, 6.45) is 3.60. The van der Waals surface area contributed by atoms with Crippen molar-refractivity contribution in [2.45, 2.75) is 6.04 Å². The number of anilines is 1. The number of ketones is 1. The van der Waals surface area contributed by atoms with Gasteiger partial charge in [-0.2, -0.15) is 0 Å². The maximum absolute atomic E-state index is 12.5. The van der Waals surface area contributed by atoms with E-state index in [1.54, 1.807) is 6.08 Å². The number of Topliss-reactive ketones (excluding diaryl/α,β-unsaturated/α-hetero) is 1. The van der Waals surface area contributed by atoms with E-state index < -0.39 is 0 Å². The predicted molar refractivity (Wildman–Crippen MR) is 84.7 cm³/mol. The van der Waals surface area contributed by atoms with Gasteiger partial charge in [0.2, 0.25) is 0 Å². The molecule has 1 aromatic rings. The van der Waals surface area contributed by atoms with Gasteiger partial charge in [-0.05, 0) is 23.5 Å². The molecule has 2 aliphatic rings. The Morgan fingerprint density at radius 1 is 1.30 bits per heavy atom. The van der Waals surface area contributed by atoms with Gasteiger partial charge in [0.25, 0.3) is 5.91 Å². The molecule has 0 saturated carbocycles. The van der Waals surface area contributed by atoms with Crippen molar-refractivity contribution in [3.63, 3.8) is 0 Å². The number of para-hydroxylation sites is 1. The average Bonchev–Trinajstić information content (AvgIpc) is 2.47. The molecule has 0 spiro atoms. The molecule has 1 heterocycles. The zero-order chi connectivity index (χ0) is 14.3. The minimum atomic E-state index is -0.283. The Morgan fingerprint density at radius 3 is 2.80 bits per heavy atom. The highest BCUT2D eigenvalue weighted by Crippen LogP contribution is 2.36. The van der Waals surface area contributed by atoms with Gasteiger partial charge >= 0.3 is 0 Å². The van der Waals surface area contributed by atoms with Crippen LogP contribution < -0.4 is 10.0 Å². The molecule has 2 N–H and O–H groups in total. The lowest BCUT2D eigenvalue weighted by molar-refractivity contribution is -0.115. The third-order valence-corrected chi connectivity index (χ3v) is 4.27. The first-order valence-electron chi connectivity index (χ1n) is 6.15. The second-order valence-electron chi connectivity index (χ2n) is 4.75. The van der Waals surface area contributed by atoms with Crippen LogP contribution in [0, 0.1) is 5.92 Å². The van der Waals surface area contributed by atoms with Crippen LogP contribution in [0.1, 0.15) is 10.4 Å². The molecule has 0 bridgehead atoms. The number of carbonyl (C=O) groups is 2. The van der Waals surface area contributed by atoms with Crippen molar-refractivity contribution < 1.29 is 9.59 Å². The highest BCUT2D eigenvalue weighted by atomic mass is 32.1. The fourth-order valence-corrected chi connectivity index (χ4v) is 3.14. The number of rotatable bonds is 1. The second-order valence-corrected chi connectivity index (χ2v) is 5.59. The van der Waals surface area contributed by atoms with E-state index in [1.807, 2.05) is 30.3 Å². The molecule has 0 fully saturated rings. The van der Waals surface area contributed by atoms with Gasteiger partial charge in [0, 0.05) is 16.8 Å². The number of fused-ring (bicyclic) bond motifs is 2. The number of benzene rings is 1. The van der Waals surface area contributed by atoms with Gasteiger partial charge in [0.15, 0.2) is 5.78 Å². The molecule has 0 radical (unpaired) electrons. The molecule has 1 aliphatic carbocycles. The summed E-state index contributed by atoms with van der Waals surface area (Å²) in [5.74, 6) is -0.485. The lowest BCUT2D eigenvalue weighted by Crippen LogP contribution is -2.40. The fraction of sp³-hybridized carbons (Fsp3) is 0.143. The van der Waals surface area contributed by atoms with Crippen LogP contribution >= 0.6 is 22.1 Å². The maximum atomic E-state index is 12.5. The van der Waals surface area contributed by atoms with E-state index in [-0.39, 0.29) is 23.7 Å². The average molecular weight is 304 g/mol. The highest BCUT2D eigenvalue weighted by Gasteiger charge is 2.36. The van der Waals surface area contributed by atoms with Crippen molar-refractivity contribution in [3.05, 3.63) is 52.9 Å². The third kappa shape index (κ3) is 2.07. The van der Waals surface area contributed by atoms with Crippen molar-refractivity contribution in [1.82, 2.24) is 4.72 Å². The Bertz CT molecular complexity index is 669. The lowest BCUT2D eigenvalue weighted by Gasteiger charge is -2.33. The first kappa shape index (κ1) is 13.4. The summed E-state index contributed by atoms with van der Waals surface area (Å²) in [4.78, 5) is 24.3. The molecule has 3 rings (SSSR count). The van der Waals surface area contributed by atoms with Crippen molar-refractivity contribution in [3.8, 4) is 0 Å². The van der Waals surface area contributed by atoms with Crippen LogP contribution in [-0.2, 0) is 4.79 Å². The maximum Gasteiger partial charge on any atom is 0.261 e. The number of nitrogens with one attached hydrogen (secondary N) is 2. The summed E-state index contributed by atoms with van der Waals surface area (Å²) in [5, 5.41) is 4.02. The summed E-state index contributed by atoms with van der Waals surface area (Å²) in [5.41, 5.74) is 2.02. The van der Waals surface area contributed by atoms with Crippen molar-refractivity contribution >= 4 is 39.4 Å². The highest BCUT2D eigenvalue weighted by molar-refractivity contribution is 7.78. The lowest BCUT2D eigenvalue weighted by atomic mass is 9.81. The van der Waals surface area contributed by atoms with Crippen LogP contribution in [-0.4, -0.2) is 17.7 Å². The Balaban J connectivity index is 2.03. The van der Waals surface area contributed by atoms with Gasteiger partial charge in [-0.15, -0.1) is 9.24 Å². The topological polar surface area (TPSA) is 58.2 Å². The number of thiol groups is 1. The van der Waals surface area contributed by atoms with Crippen LogP contribution in [0.3, 0.4) is 0 Å². The summed E-state index contributed by atoms with van der Waals surface area (Å²) in [6, 6.07) is 7.21. The van der Waals surface area contributed by atoms with Gasteiger partial charge in [0.05, 0.1) is 12.0 Å². The van der Waals surface area contributed by atoms with Crippen LogP contribution in [0.15, 0.2) is 47.3 Å². The summed E-state index contributed by atoms with van der Waals surface area (Å²) < 4.78 is 2.31. The first-order valence-corrected chi connectivity index (χ1v) is 7.18. The second kappa shape index (κ2) is 5.08. The van der Waals surface area contributed by atoms with Gasteiger partial charge < -0.3 is 5.32 Å². The zero-order valence-corrected chi connectivity index (χ0v) is 12.5. The smallest absolute Gasteiger partial charge is 0.261 e. The molecule has 1 aliphatic heterocycles. The van der Waals surface area contributed by atoms with Gasteiger partial charge in [0.1, 0.15) is 0 Å². The zero-order valence-electron chi connectivity index (χ0n) is 10.5. The molecule has 4 nitrogen and oxygen atoms in total. The standard InChI is InChI=1S/C14H13N2O2PS/c17-13-7-3-1-2-4-10(7)15-11-5-9(14(18)16-20)12(19)6-8(11)13/h1-6,8,11,15,20H,19H2,(H,16,18). The minimum absolute atomic E-state index is 0.0749. The van der Waals surface area contributed by atoms with E-state index in [9.17, 15) is 9.59 Å². The Labute approximate surface area is 124 Å². The van der Waals surface area contributed by atoms with Crippen molar-refractivity contribution in [1.29, 1.82) is 0 Å². The molecule has 102 valence electrons. The molecular formula is C14H13N2O2PS. The molecule has 1 aromatic carbocycles. The Morgan fingerprint density at radius 2 is 2.05 bits per heavy atom. The molecule has 6 heteroatoms. The minimum Gasteiger partial charge on any atom is -0.377 e. The largest absolute Gasteiger partial charge is 0.377 e. The molecule has 0 saturated heterocycles. The quantitative estimate of drug-likeness (QED) is 0.549. The number of hydrogen-bond donors (Lipinski definition) is 3. The van der Waals surface area contributed by atoms with Crippen LogP contribution in [0.25, 0.3) is 0 Å². The molecule has 20 heavy (non-hydrogen) atoms. The van der Waals surface area contributed by atoms with Gasteiger partial charge in [-0.3, -0.25) is 14.3 Å². The number of amides is 1. The molecular weight excluding hydrogens is 291 g/mol. The van der Waals surface area contributed by atoms with E-state index in [1.165, 1.54) is 0 Å². The Hall–Kier alpha value is -1.58. The predicted octanol–water partition coefficient (Wildman–Crippen LogP) is 1.94. The summed E-state index contributed by atoms with van der Waals surface area (Å²) in [7, 11) is 2.50. The van der Waals surface area contributed by atoms with Crippen molar-refractivity contribution in [2.24, 2.45) is 5.92 Å². The fourth-order valence-electron chi connectivity index (χ4n) is 2.59. The number of hydrogen-bond acceptors (Lipinski definition) is 4. The van der Waals surface area contributed by atoms with Crippen LogP contribution in [0.4, 0.5) is 5.69 Å². The molecule has 1 amide bonds. The summed E-state index contributed by atoms with van der Waals surface area (Å²) in [6.45, 7) is 0. The van der Waals surface area contributed by atoms with Gasteiger partial charge in [-0.25, -0.2) is 0 Å². The Kier molecular flexibility index (Phi) is 3.40. The van der Waals surface area contributed by atoms with Crippen molar-refractivity contribution in [2.75, 3.05) is 5.32 Å². The molecule has 3 unspecified atom stereocenters. The number of carbonyl (C=O) groups excluding carboxylic acids is 2. The molecule has 0 aromatic heterocycles. The SMILES string of the molecule is O=C(NS)C1=CC2Nc3ccccc3C(=O)C2C=C1P. The van der Waals surface area contributed by atoms with E-state index in [0.29, 0.717) is 16.5 Å². The van der Waals surface area contributed by atoms with E-state index in [0.717, 1.165) is 5.69 Å². The monoisotopic (exact) mass is 304 g/mol. The normalized spacial score (nSPS) is 23.8. The molecule has 3 atom stereocenters. The van der Waals surface area contributed by atoms with E-state index in [4.69, 9.17) is 0 Å². The first-order chi connectivity index (χ1) is 9.61. The third-order valence-electron chi connectivity index (χ3n) is 3.57. The van der Waals surface area contributed by atoms with E-state index >= 15 is 0 Å². The van der Waals surface area contributed by atoms with Crippen LogP contribution in [0.5, 0.6) is 0 Å². The summed E-state index contributed by atoms with van der Waals surface area (Å²) >= 11 is 3.78.